The summed E-state index contributed by atoms with van der Waals surface area (Å²) in [6.07, 6.45) is 10.1. The van der Waals surface area contributed by atoms with Gasteiger partial charge < -0.3 is 14.2 Å². The van der Waals surface area contributed by atoms with E-state index in [1.165, 1.54) is 25.8 Å². The summed E-state index contributed by atoms with van der Waals surface area (Å²) in [6.45, 7) is 9.90. The number of ether oxygens (including phenoxy) is 3. The highest BCUT2D eigenvalue weighted by Crippen LogP contribution is 2.74. The average Bonchev–Trinajstić information content (AvgIpc) is 3.33. The summed E-state index contributed by atoms with van der Waals surface area (Å²) in [7, 11) is 0. The van der Waals surface area contributed by atoms with E-state index >= 15 is 0 Å². The highest BCUT2D eigenvalue weighted by atomic mass is 16.7. The Morgan fingerprint density at radius 2 is 1.90 bits per heavy atom. The van der Waals surface area contributed by atoms with E-state index in [1.807, 2.05) is 6.92 Å². The van der Waals surface area contributed by atoms with Crippen LogP contribution in [0.3, 0.4) is 0 Å². The Kier molecular flexibility index (Phi) is 4.50. The van der Waals surface area contributed by atoms with E-state index < -0.39 is 0 Å². The topological polar surface area (TPSA) is 65.1 Å². The largest absolute Gasteiger partial charge is 0.462 e. The number of allylic oxidation sites excluding steroid dienone is 1. The Morgan fingerprint density at radius 3 is 2.60 bits per heavy atom. The minimum Gasteiger partial charge on any atom is -0.462 e. The molecule has 0 spiro atoms. The number of epoxide rings is 1. The standard InChI is InChI=1S/C25H36O5/c1-14(28-15(2)26)25-22(30-25)13-21-19-7-6-17-12-18(29-16(3)27)8-10-23(17,4)20(19)9-11-24(21,25)5/h6,14,18-22H,7-13H2,1-5H3/t14-,18?,19?,20?,21?,22?,23?,24?,25?/m1/s1. The maximum atomic E-state index is 11.6. The number of esters is 2. The quantitative estimate of drug-likeness (QED) is 0.383. The van der Waals surface area contributed by atoms with Gasteiger partial charge >= 0.3 is 11.9 Å². The predicted molar refractivity (Wildman–Crippen MR) is 111 cm³/mol. The lowest BCUT2D eigenvalue weighted by atomic mass is 9.47. The third kappa shape index (κ3) is 2.63. The molecule has 5 heteroatoms. The van der Waals surface area contributed by atoms with Crippen molar-refractivity contribution < 1.29 is 23.8 Å². The van der Waals surface area contributed by atoms with Crippen LogP contribution < -0.4 is 0 Å². The zero-order chi connectivity index (χ0) is 21.5. The molecule has 0 aromatic rings. The zero-order valence-electron chi connectivity index (χ0n) is 19.0. The van der Waals surface area contributed by atoms with Crippen LogP contribution in [0.25, 0.3) is 0 Å². The summed E-state index contributed by atoms with van der Waals surface area (Å²) in [4.78, 5) is 23.1. The minimum absolute atomic E-state index is 0.0487. The average molecular weight is 417 g/mol. The zero-order valence-corrected chi connectivity index (χ0v) is 19.0. The first-order chi connectivity index (χ1) is 14.1. The van der Waals surface area contributed by atoms with Crippen LogP contribution in [0.2, 0.25) is 0 Å². The van der Waals surface area contributed by atoms with E-state index in [0.717, 1.165) is 38.5 Å². The van der Waals surface area contributed by atoms with Gasteiger partial charge in [-0.05, 0) is 68.6 Å². The highest BCUT2D eigenvalue weighted by molar-refractivity contribution is 5.66. The molecule has 5 nitrogen and oxygen atoms in total. The predicted octanol–water partition coefficient (Wildman–Crippen LogP) is 4.58. The van der Waals surface area contributed by atoms with E-state index in [4.69, 9.17) is 14.2 Å². The Bertz CT molecular complexity index is 803. The van der Waals surface area contributed by atoms with Gasteiger partial charge in [-0.3, -0.25) is 9.59 Å². The molecule has 1 aliphatic heterocycles. The molecular formula is C25H36O5. The molecule has 0 N–H and O–H groups in total. The van der Waals surface area contributed by atoms with Gasteiger partial charge in [-0.15, -0.1) is 0 Å². The molecule has 0 bridgehead atoms. The molecule has 30 heavy (non-hydrogen) atoms. The molecule has 4 fully saturated rings. The van der Waals surface area contributed by atoms with Crippen LogP contribution in [0.5, 0.6) is 0 Å². The summed E-state index contributed by atoms with van der Waals surface area (Å²) >= 11 is 0. The summed E-state index contributed by atoms with van der Waals surface area (Å²) in [5.41, 5.74) is 1.53. The van der Waals surface area contributed by atoms with E-state index in [2.05, 4.69) is 19.9 Å². The van der Waals surface area contributed by atoms with Crippen molar-refractivity contribution in [1.82, 2.24) is 0 Å². The third-order valence-corrected chi connectivity index (χ3v) is 9.85. The second kappa shape index (κ2) is 6.57. The van der Waals surface area contributed by atoms with Gasteiger partial charge in [0.25, 0.3) is 0 Å². The van der Waals surface area contributed by atoms with Crippen molar-refractivity contribution in [3.05, 3.63) is 11.6 Å². The van der Waals surface area contributed by atoms with Crippen molar-refractivity contribution in [2.45, 2.75) is 103 Å². The van der Waals surface area contributed by atoms with Crippen LogP contribution in [-0.4, -0.2) is 35.9 Å². The smallest absolute Gasteiger partial charge is 0.302 e. The van der Waals surface area contributed by atoms with Crippen molar-refractivity contribution in [3.8, 4) is 0 Å². The Morgan fingerprint density at radius 1 is 1.13 bits per heavy atom. The molecule has 3 saturated carbocycles. The molecule has 1 heterocycles. The number of rotatable bonds is 3. The highest BCUT2D eigenvalue weighted by Gasteiger charge is 2.79. The fourth-order valence-corrected chi connectivity index (χ4v) is 8.52. The van der Waals surface area contributed by atoms with Gasteiger partial charge in [0.05, 0.1) is 6.10 Å². The van der Waals surface area contributed by atoms with Crippen LogP contribution in [0.4, 0.5) is 0 Å². The van der Waals surface area contributed by atoms with Gasteiger partial charge in [0, 0.05) is 25.7 Å². The molecule has 0 amide bonds. The summed E-state index contributed by atoms with van der Waals surface area (Å²) < 4.78 is 17.5. The number of carbonyl (C=O) groups is 2. The molecule has 0 aromatic carbocycles. The molecule has 5 aliphatic rings. The number of hydrogen-bond donors (Lipinski definition) is 0. The first-order valence-corrected chi connectivity index (χ1v) is 11.8. The lowest BCUT2D eigenvalue weighted by Gasteiger charge is -2.58. The molecule has 9 atom stereocenters. The van der Waals surface area contributed by atoms with Crippen LogP contribution >= 0.6 is 0 Å². The normalized spacial score (nSPS) is 49.5. The molecule has 0 radical (unpaired) electrons. The molecule has 0 aromatic heterocycles. The Labute approximate surface area is 179 Å². The van der Waals surface area contributed by atoms with E-state index in [1.54, 1.807) is 0 Å². The van der Waals surface area contributed by atoms with Crippen LogP contribution in [0.15, 0.2) is 11.6 Å². The fraction of sp³-hybridized carbons (Fsp3) is 0.840. The van der Waals surface area contributed by atoms with Crippen molar-refractivity contribution >= 4 is 11.9 Å². The van der Waals surface area contributed by atoms with E-state index in [9.17, 15) is 9.59 Å². The Hall–Kier alpha value is -1.36. The van der Waals surface area contributed by atoms with Gasteiger partial charge in [0.1, 0.15) is 17.8 Å². The molecule has 8 unspecified atom stereocenters. The molecular weight excluding hydrogens is 380 g/mol. The number of carbonyl (C=O) groups excluding carboxylic acids is 2. The summed E-state index contributed by atoms with van der Waals surface area (Å²) in [5.74, 6) is 1.60. The van der Waals surface area contributed by atoms with Gasteiger partial charge in [0.15, 0.2) is 0 Å². The summed E-state index contributed by atoms with van der Waals surface area (Å²) in [6, 6.07) is 0. The maximum absolute atomic E-state index is 11.6. The van der Waals surface area contributed by atoms with E-state index in [0.29, 0.717) is 17.8 Å². The second-order valence-electron chi connectivity index (χ2n) is 11.1. The SMILES string of the molecule is CC(=O)OC1CCC2(C)C(=CCC3C2CCC2(C)C3CC3OC32[C@@H](C)OC(C)=O)C1. The first-order valence-electron chi connectivity index (χ1n) is 11.8. The first kappa shape index (κ1) is 20.5. The summed E-state index contributed by atoms with van der Waals surface area (Å²) in [5, 5.41) is 0. The van der Waals surface area contributed by atoms with Gasteiger partial charge in [-0.1, -0.05) is 25.5 Å². The molecule has 4 aliphatic carbocycles. The van der Waals surface area contributed by atoms with Gasteiger partial charge in [0.2, 0.25) is 0 Å². The van der Waals surface area contributed by atoms with Crippen molar-refractivity contribution in [3.63, 3.8) is 0 Å². The number of fused-ring (bicyclic) bond motifs is 7. The van der Waals surface area contributed by atoms with Crippen molar-refractivity contribution in [1.29, 1.82) is 0 Å². The fourth-order valence-electron chi connectivity index (χ4n) is 8.52. The Balaban J connectivity index is 1.40. The van der Waals surface area contributed by atoms with Crippen LogP contribution in [-0.2, 0) is 23.8 Å². The van der Waals surface area contributed by atoms with Gasteiger partial charge in [-0.25, -0.2) is 0 Å². The third-order valence-electron chi connectivity index (χ3n) is 9.85. The molecule has 166 valence electrons. The molecule has 1 saturated heterocycles. The van der Waals surface area contributed by atoms with E-state index in [-0.39, 0.29) is 46.7 Å². The monoisotopic (exact) mass is 416 g/mol. The minimum atomic E-state index is -0.286. The molecule has 5 rings (SSSR count). The van der Waals surface area contributed by atoms with Crippen LogP contribution in [0, 0.1) is 28.6 Å². The van der Waals surface area contributed by atoms with Crippen LogP contribution in [0.1, 0.15) is 79.6 Å². The van der Waals surface area contributed by atoms with Crippen molar-refractivity contribution in [2.75, 3.05) is 0 Å². The van der Waals surface area contributed by atoms with Crippen molar-refractivity contribution in [2.24, 2.45) is 28.6 Å². The number of hydrogen-bond acceptors (Lipinski definition) is 5. The lowest BCUT2D eigenvalue weighted by Crippen LogP contribution is -2.55. The lowest BCUT2D eigenvalue weighted by molar-refractivity contribution is -0.159. The van der Waals surface area contributed by atoms with Gasteiger partial charge in [-0.2, -0.15) is 0 Å². The maximum Gasteiger partial charge on any atom is 0.302 e. The second-order valence-corrected chi connectivity index (χ2v) is 11.1.